The molecule has 1 saturated heterocycles. The maximum absolute atomic E-state index is 12.5. The Morgan fingerprint density at radius 2 is 1.79 bits per heavy atom. The summed E-state index contributed by atoms with van der Waals surface area (Å²) in [4.78, 5) is 16.6. The number of carbonyl (C=O) groups excluding carboxylic acids is 1. The number of carbonyl (C=O) groups is 1. The number of piperidine rings is 1. The lowest BCUT2D eigenvalue weighted by molar-refractivity contribution is -0.135. The molecule has 0 N–H and O–H groups in total. The van der Waals surface area contributed by atoms with Crippen LogP contribution >= 0.6 is 0 Å². The van der Waals surface area contributed by atoms with E-state index in [9.17, 15) is 4.79 Å². The third-order valence-electron chi connectivity index (χ3n) is 4.05. The first kappa shape index (κ1) is 13.9. The molecule has 1 aliphatic heterocycles. The fourth-order valence-electron chi connectivity index (χ4n) is 2.97. The van der Waals surface area contributed by atoms with Gasteiger partial charge in [0.2, 0.25) is 5.91 Å². The van der Waals surface area contributed by atoms with Gasteiger partial charge in [-0.05, 0) is 45.2 Å². The van der Waals surface area contributed by atoms with E-state index < -0.39 is 0 Å². The Labute approximate surface area is 116 Å². The molecule has 0 saturated carbocycles. The minimum atomic E-state index is 0.242. The minimum absolute atomic E-state index is 0.242. The average Bonchev–Trinajstić information content (AvgIpc) is 2.39. The maximum atomic E-state index is 12.5. The number of hydrogen-bond acceptors (Lipinski definition) is 2. The molecule has 104 valence electrons. The van der Waals surface area contributed by atoms with E-state index >= 15 is 0 Å². The summed E-state index contributed by atoms with van der Waals surface area (Å²) in [5.74, 6) is 0.242. The van der Waals surface area contributed by atoms with Crippen LogP contribution in [0.2, 0.25) is 0 Å². The number of nitrogens with zero attached hydrogens (tertiary/aromatic N) is 2. The van der Waals surface area contributed by atoms with Crippen molar-refractivity contribution in [1.82, 2.24) is 4.90 Å². The van der Waals surface area contributed by atoms with Crippen LogP contribution in [0.5, 0.6) is 0 Å². The first-order valence-corrected chi connectivity index (χ1v) is 7.17. The number of hydrogen-bond donors (Lipinski definition) is 0. The Bertz CT molecular complexity index is 408. The van der Waals surface area contributed by atoms with Crippen molar-refractivity contribution in [1.29, 1.82) is 0 Å². The molecule has 3 heteroatoms. The molecule has 0 spiro atoms. The fraction of sp³-hybridized carbons (Fsp3) is 0.562. The van der Waals surface area contributed by atoms with E-state index in [4.69, 9.17) is 0 Å². The molecule has 1 aromatic carbocycles. The summed E-state index contributed by atoms with van der Waals surface area (Å²) in [6.07, 6.45) is 3.50. The van der Waals surface area contributed by atoms with Gasteiger partial charge in [0.05, 0.1) is 6.54 Å². The molecular formula is C16H24N2O. The van der Waals surface area contributed by atoms with Crippen LogP contribution in [-0.4, -0.2) is 36.5 Å². The van der Waals surface area contributed by atoms with Crippen molar-refractivity contribution >= 4 is 11.6 Å². The fourth-order valence-corrected chi connectivity index (χ4v) is 2.97. The van der Waals surface area contributed by atoms with Crippen LogP contribution < -0.4 is 4.90 Å². The van der Waals surface area contributed by atoms with Gasteiger partial charge in [0.25, 0.3) is 0 Å². The van der Waals surface area contributed by atoms with Crippen LogP contribution in [0.25, 0.3) is 0 Å². The number of benzene rings is 1. The molecular weight excluding hydrogens is 236 g/mol. The van der Waals surface area contributed by atoms with Crippen LogP contribution in [-0.2, 0) is 4.79 Å². The molecule has 1 aliphatic rings. The summed E-state index contributed by atoms with van der Waals surface area (Å²) in [6, 6.07) is 10.8. The van der Waals surface area contributed by atoms with Crippen molar-refractivity contribution in [3.8, 4) is 0 Å². The zero-order valence-corrected chi connectivity index (χ0v) is 12.2. The lowest BCUT2D eigenvalue weighted by Crippen LogP contribution is -2.50. The smallest absolute Gasteiger partial charge is 0.242 e. The van der Waals surface area contributed by atoms with Gasteiger partial charge < -0.3 is 9.80 Å². The number of likely N-dealkylation sites (tertiary alicyclic amines) is 1. The second-order valence-electron chi connectivity index (χ2n) is 5.62. The van der Waals surface area contributed by atoms with Crippen molar-refractivity contribution in [2.75, 3.05) is 18.5 Å². The van der Waals surface area contributed by atoms with Crippen LogP contribution in [0.1, 0.15) is 33.1 Å². The quantitative estimate of drug-likeness (QED) is 0.834. The van der Waals surface area contributed by atoms with E-state index in [1.165, 1.54) is 6.42 Å². The molecule has 1 heterocycles. The van der Waals surface area contributed by atoms with Crippen LogP contribution in [0, 0.1) is 0 Å². The second kappa shape index (κ2) is 6.09. The molecule has 19 heavy (non-hydrogen) atoms. The van der Waals surface area contributed by atoms with E-state index in [-0.39, 0.29) is 5.91 Å². The molecule has 0 radical (unpaired) electrons. The number of rotatable bonds is 3. The van der Waals surface area contributed by atoms with Crippen molar-refractivity contribution in [3.05, 3.63) is 30.3 Å². The Morgan fingerprint density at radius 3 is 2.37 bits per heavy atom. The number of amides is 1. The van der Waals surface area contributed by atoms with Gasteiger partial charge in [0.1, 0.15) is 0 Å². The maximum Gasteiger partial charge on any atom is 0.242 e. The van der Waals surface area contributed by atoms with E-state index in [2.05, 4.69) is 18.7 Å². The van der Waals surface area contributed by atoms with Gasteiger partial charge in [-0.2, -0.15) is 0 Å². The van der Waals surface area contributed by atoms with Gasteiger partial charge in [0, 0.05) is 24.8 Å². The monoisotopic (exact) mass is 260 g/mol. The van der Waals surface area contributed by atoms with E-state index in [0.717, 1.165) is 18.5 Å². The summed E-state index contributed by atoms with van der Waals surface area (Å²) < 4.78 is 0. The van der Waals surface area contributed by atoms with Crippen LogP contribution in [0.4, 0.5) is 5.69 Å². The SMILES string of the molecule is CC1CCCC(C)N1C(=O)CN(C)c1ccccc1. The summed E-state index contributed by atoms with van der Waals surface area (Å²) in [5, 5.41) is 0. The molecule has 0 aliphatic carbocycles. The Balaban J connectivity index is 2.00. The highest BCUT2D eigenvalue weighted by Gasteiger charge is 2.29. The summed E-state index contributed by atoms with van der Waals surface area (Å²) in [5.41, 5.74) is 1.09. The standard InChI is InChI=1S/C16H24N2O/c1-13-8-7-9-14(2)18(13)16(19)12-17(3)15-10-5-4-6-11-15/h4-6,10-11,13-14H,7-9,12H2,1-3H3. The Morgan fingerprint density at radius 1 is 1.21 bits per heavy atom. The molecule has 1 amide bonds. The van der Waals surface area contributed by atoms with Gasteiger partial charge in [-0.3, -0.25) is 4.79 Å². The van der Waals surface area contributed by atoms with E-state index in [0.29, 0.717) is 18.6 Å². The number of para-hydroxylation sites is 1. The molecule has 2 rings (SSSR count). The first-order chi connectivity index (χ1) is 9.09. The Hall–Kier alpha value is -1.51. The topological polar surface area (TPSA) is 23.6 Å². The number of likely N-dealkylation sites (N-methyl/N-ethyl adjacent to an activating group) is 1. The highest BCUT2D eigenvalue weighted by Crippen LogP contribution is 2.23. The zero-order chi connectivity index (χ0) is 13.8. The number of anilines is 1. The molecule has 0 bridgehead atoms. The lowest BCUT2D eigenvalue weighted by atomic mass is 9.97. The summed E-state index contributed by atoms with van der Waals surface area (Å²) in [7, 11) is 1.98. The second-order valence-corrected chi connectivity index (χ2v) is 5.62. The lowest BCUT2D eigenvalue weighted by Gasteiger charge is -2.40. The summed E-state index contributed by atoms with van der Waals surface area (Å²) >= 11 is 0. The van der Waals surface area contributed by atoms with Crippen molar-refractivity contribution in [2.24, 2.45) is 0 Å². The first-order valence-electron chi connectivity index (χ1n) is 7.17. The molecule has 1 fully saturated rings. The third kappa shape index (κ3) is 3.28. The molecule has 2 atom stereocenters. The van der Waals surface area contributed by atoms with Gasteiger partial charge >= 0.3 is 0 Å². The molecule has 3 nitrogen and oxygen atoms in total. The normalized spacial score (nSPS) is 23.2. The summed E-state index contributed by atoms with van der Waals surface area (Å²) in [6.45, 7) is 4.78. The van der Waals surface area contributed by atoms with Crippen molar-refractivity contribution in [3.63, 3.8) is 0 Å². The largest absolute Gasteiger partial charge is 0.365 e. The average molecular weight is 260 g/mol. The highest BCUT2D eigenvalue weighted by molar-refractivity contribution is 5.82. The molecule has 0 aromatic heterocycles. The third-order valence-corrected chi connectivity index (χ3v) is 4.05. The van der Waals surface area contributed by atoms with E-state index in [1.54, 1.807) is 0 Å². The van der Waals surface area contributed by atoms with Gasteiger partial charge in [-0.15, -0.1) is 0 Å². The van der Waals surface area contributed by atoms with E-state index in [1.807, 2.05) is 42.3 Å². The van der Waals surface area contributed by atoms with Gasteiger partial charge in [-0.1, -0.05) is 18.2 Å². The van der Waals surface area contributed by atoms with Gasteiger partial charge in [-0.25, -0.2) is 0 Å². The van der Waals surface area contributed by atoms with Crippen LogP contribution in [0.15, 0.2) is 30.3 Å². The van der Waals surface area contributed by atoms with Crippen LogP contribution in [0.3, 0.4) is 0 Å². The zero-order valence-electron chi connectivity index (χ0n) is 12.2. The minimum Gasteiger partial charge on any atom is -0.365 e. The van der Waals surface area contributed by atoms with Crippen molar-refractivity contribution < 1.29 is 4.79 Å². The predicted octanol–water partition coefficient (Wildman–Crippen LogP) is 2.91. The highest BCUT2D eigenvalue weighted by atomic mass is 16.2. The predicted molar refractivity (Wildman–Crippen MR) is 79.3 cm³/mol. The van der Waals surface area contributed by atoms with Gasteiger partial charge in [0.15, 0.2) is 0 Å². The van der Waals surface area contributed by atoms with Crippen molar-refractivity contribution in [2.45, 2.75) is 45.2 Å². The molecule has 1 aromatic rings. The Kier molecular flexibility index (Phi) is 4.46. The molecule has 2 unspecified atom stereocenters.